The van der Waals surface area contributed by atoms with Crippen molar-refractivity contribution in [3.05, 3.63) is 22.2 Å². The first kappa shape index (κ1) is 11.3. The van der Waals surface area contributed by atoms with Crippen LogP contribution in [-0.4, -0.2) is 26.9 Å². The molecule has 1 unspecified atom stereocenters. The van der Waals surface area contributed by atoms with E-state index in [1.807, 2.05) is 13.8 Å². The van der Waals surface area contributed by atoms with Crippen LogP contribution < -0.4 is 5.56 Å². The fourth-order valence-corrected chi connectivity index (χ4v) is 1.78. The highest BCUT2D eigenvalue weighted by Crippen LogP contribution is 2.18. The molecule has 1 aromatic heterocycles. The molecule has 1 atom stereocenters. The molecule has 0 fully saturated rings. The molecule has 0 radical (unpaired) electrons. The Hall–Kier alpha value is -0.810. The van der Waals surface area contributed by atoms with Crippen molar-refractivity contribution in [3.8, 4) is 0 Å². The zero-order valence-electron chi connectivity index (χ0n) is 8.28. The predicted octanol–water partition coefficient (Wildman–Crippen LogP) is 0.805. The molecule has 0 spiro atoms. The molecule has 0 bridgehead atoms. The largest absolute Gasteiger partial charge is 0.395 e. The maximum atomic E-state index is 11.2. The van der Waals surface area contributed by atoms with E-state index in [0.29, 0.717) is 17.3 Å². The highest BCUT2D eigenvalue weighted by molar-refractivity contribution is 7.99. The fraction of sp³-hybridized carbons (Fsp3) is 0.556. The van der Waals surface area contributed by atoms with Crippen molar-refractivity contribution >= 4 is 11.8 Å². The molecular weight excluding hydrogens is 200 g/mol. The molecular formula is C9H14N2O2S. The lowest BCUT2D eigenvalue weighted by Gasteiger charge is -2.06. The minimum absolute atomic E-state index is 0.0639. The maximum Gasteiger partial charge on any atom is 0.251 e. The molecule has 78 valence electrons. The van der Waals surface area contributed by atoms with E-state index in [-0.39, 0.29) is 17.4 Å². The third-order valence-electron chi connectivity index (χ3n) is 1.68. The van der Waals surface area contributed by atoms with Crippen LogP contribution >= 0.6 is 11.8 Å². The fourth-order valence-electron chi connectivity index (χ4n) is 0.955. The third-order valence-corrected chi connectivity index (χ3v) is 2.68. The highest BCUT2D eigenvalue weighted by Gasteiger charge is 2.05. The van der Waals surface area contributed by atoms with Gasteiger partial charge in [0.25, 0.3) is 5.56 Å². The normalized spacial score (nSPS) is 12.8. The topological polar surface area (TPSA) is 66.0 Å². The Labute approximate surface area is 86.8 Å². The monoisotopic (exact) mass is 214 g/mol. The second-order valence-corrected chi connectivity index (χ2v) is 4.45. The summed E-state index contributed by atoms with van der Waals surface area (Å²) in [6.45, 7) is 3.90. The molecule has 4 nitrogen and oxygen atoms in total. The zero-order chi connectivity index (χ0) is 10.6. The lowest BCUT2D eigenvalue weighted by Crippen LogP contribution is -2.11. The van der Waals surface area contributed by atoms with E-state index in [9.17, 15) is 4.79 Å². The molecule has 0 aliphatic carbocycles. The van der Waals surface area contributed by atoms with Gasteiger partial charge in [-0.1, -0.05) is 13.8 Å². The van der Waals surface area contributed by atoms with Crippen LogP contribution in [0.15, 0.2) is 15.9 Å². The van der Waals surface area contributed by atoms with Crippen LogP contribution in [0.3, 0.4) is 0 Å². The van der Waals surface area contributed by atoms with Gasteiger partial charge in [-0.3, -0.25) is 4.79 Å². The number of nitrogens with zero attached hydrogens (tertiary/aromatic N) is 1. The van der Waals surface area contributed by atoms with Gasteiger partial charge >= 0.3 is 0 Å². The van der Waals surface area contributed by atoms with Crippen LogP contribution in [0.2, 0.25) is 0 Å². The van der Waals surface area contributed by atoms with Crippen molar-refractivity contribution < 1.29 is 5.11 Å². The Morgan fingerprint density at radius 2 is 2.43 bits per heavy atom. The Morgan fingerprint density at radius 1 is 1.71 bits per heavy atom. The van der Waals surface area contributed by atoms with Crippen LogP contribution in [0.25, 0.3) is 0 Å². The van der Waals surface area contributed by atoms with Gasteiger partial charge in [-0.05, 0) is 0 Å². The van der Waals surface area contributed by atoms with E-state index in [1.54, 1.807) is 0 Å². The summed E-state index contributed by atoms with van der Waals surface area (Å²) in [4.78, 5) is 18.1. The molecule has 0 saturated heterocycles. The second-order valence-electron chi connectivity index (χ2n) is 2.99. The number of aromatic amines is 1. The number of hydrogen-bond donors (Lipinski definition) is 2. The summed E-state index contributed by atoms with van der Waals surface area (Å²) < 4.78 is 0. The molecule has 0 aliphatic rings. The summed E-state index contributed by atoms with van der Waals surface area (Å²) in [5, 5.41) is 9.59. The SMILES string of the molecule is CCc1nc(SC(C)CO)cc(=O)[nH]1. The van der Waals surface area contributed by atoms with Crippen LogP contribution in [0.4, 0.5) is 0 Å². The van der Waals surface area contributed by atoms with E-state index in [2.05, 4.69) is 9.97 Å². The van der Waals surface area contributed by atoms with Crippen LogP contribution in [0.1, 0.15) is 19.7 Å². The number of aliphatic hydroxyl groups excluding tert-OH is 1. The van der Waals surface area contributed by atoms with E-state index in [4.69, 9.17) is 5.11 Å². The van der Waals surface area contributed by atoms with Gasteiger partial charge < -0.3 is 10.1 Å². The van der Waals surface area contributed by atoms with Crippen molar-refractivity contribution in [3.63, 3.8) is 0 Å². The predicted molar refractivity (Wildman–Crippen MR) is 56.6 cm³/mol. The van der Waals surface area contributed by atoms with E-state index in [1.165, 1.54) is 17.8 Å². The maximum absolute atomic E-state index is 11.2. The molecule has 14 heavy (non-hydrogen) atoms. The Balaban J connectivity index is 2.86. The van der Waals surface area contributed by atoms with Gasteiger partial charge in [0.05, 0.1) is 6.61 Å². The molecule has 1 rings (SSSR count). The van der Waals surface area contributed by atoms with Crippen LogP contribution in [0.5, 0.6) is 0 Å². The first-order valence-corrected chi connectivity index (χ1v) is 5.41. The van der Waals surface area contributed by atoms with E-state index >= 15 is 0 Å². The average Bonchev–Trinajstić information content (AvgIpc) is 2.16. The summed E-state index contributed by atoms with van der Waals surface area (Å²) >= 11 is 1.41. The Morgan fingerprint density at radius 3 is 3.00 bits per heavy atom. The molecule has 5 heteroatoms. The third kappa shape index (κ3) is 3.16. The lowest BCUT2D eigenvalue weighted by atomic mass is 10.4. The van der Waals surface area contributed by atoms with Gasteiger partial charge in [-0.2, -0.15) is 0 Å². The standard InChI is InChI=1S/C9H14N2O2S/c1-3-7-10-8(13)4-9(11-7)14-6(2)5-12/h4,6,12H,3,5H2,1-2H3,(H,10,11,13). The molecule has 1 aromatic rings. The van der Waals surface area contributed by atoms with Crippen LogP contribution in [-0.2, 0) is 6.42 Å². The number of H-pyrrole nitrogens is 1. The van der Waals surface area contributed by atoms with E-state index in [0.717, 1.165) is 0 Å². The average molecular weight is 214 g/mol. The molecule has 0 aliphatic heterocycles. The van der Waals surface area contributed by atoms with Crippen molar-refractivity contribution in [1.82, 2.24) is 9.97 Å². The van der Waals surface area contributed by atoms with Crippen molar-refractivity contribution in [2.75, 3.05) is 6.61 Å². The number of aromatic nitrogens is 2. The smallest absolute Gasteiger partial charge is 0.251 e. The molecule has 2 N–H and O–H groups in total. The van der Waals surface area contributed by atoms with Crippen molar-refractivity contribution in [2.24, 2.45) is 0 Å². The summed E-state index contributed by atoms with van der Waals surface area (Å²) in [5.41, 5.74) is -0.135. The lowest BCUT2D eigenvalue weighted by molar-refractivity contribution is 0.300. The summed E-state index contributed by atoms with van der Waals surface area (Å²) in [5.74, 6) is 0.685. The summed E-state index contributed by atoms with van der Waals surface area (Å²) in [6, 6.07) is 1.45. The number of hydrogen-bond acceptors (Lipinski definition) is 4. The number of aliphatic hydroxyl groups is 1. The van der Waals surface area contributed by atoms with Gasteiger partial charge in [0.15, 0.2) is 0 Å². The van der Waals surface area contributed by atoms with Gasteiger partial charge in [0, 0.05) is 17.7 Å². The quantitative estimate of drug-likeness (QED) is 0.575. The van der Waals surface area contributed by atoms with Crippen molar-refractivity contribution in [1.29, 1.82) is 0 Å². The summed E-state index contributed by atoms with van der Waals surface area (Å²) in [7, 11) is 0. The number of rotatable bonds is 4. The molecule has 0 amide bonds. The second kappa shape index (κ2) is 5.17. The number of aryl methyl sites for hydroxylation is 1. The summed E-state index contributed by atoms with van der Waals surface area (Å²) in [6.07, 6.45) is 0.706. The minimum atomic E-state index is -0.135. The van der Waals surface area contributed by atoms with Gasteiger partial charge in [-0.15, -0.1) is 11.8 Å². The minimum Gasteiger partial charge on any atom is -0.395 e. The van der Waals surface area contributed by atoms with Gasteiger partial charge in [-0.25, -0.2) is 4.98 Å². The van der Waals surface area contributed by atoms with Gasteiger partial charge in [0.1, 0.15) is 10.9 Å². The van der Waals surface area contributed by atoms with E-state index < -0.39 is 0 Å². The first-order chi connectivity index (χ1) is 6.65. The van der Waals surface area contributed by atoms with Gasteiger partial charge in [0.2, 0.25) is 0 Å². The van der Waals surface area contributed by atoms with Crippen LogP contribution in [0, 0.1) is 0 Å². The molecule has 0 saturated carbocycles. The molecule has 0 aromatic carbocycles. The first-order valence-electron chi connectivity index (χ1n) is 4.53. The zero-order valence-corrected chi connectivity index (χ0v) is 9.10. The Kier molecular flexibility index (Phi) is 4.16. The highest BCUT2D eigenvalue weighted by atomic mass is 32.2. The number of thioether (sulfide) groups is 1. The number of nitrogens with one attached hydrogen (secondary N) is 1. The van der Waals surface area contributed by atoms with Crippen molar-refractivity contribution in [2.45, 2.75) is 30.5 Å². The Bertz CT molecular complexity index is 351. The molecule has 1 heterocycles.